The Labute approximate surface area is 214 Å². The Balaban J connectivity index is 1.42. The van der Waals surface area contributed by atoms with E-state index in [1.807, 2.05) is 12.2 Å². The molecule has 1 fully saturated rings. The molecule has 8 atom stereocenters. The number of ether oxygens (including phenoxy) is 4. The van der Waals surface area contributed by atoms with Gasteiger partial charge < -0.3 is 29.2 Å². The minimum atomic E-state index is -1.02. The topological polar surface area (TPSA) is 97.8 Å². The van der Waals surface area contributed by atoms with Gasteiger partial charge in [0.05, 0.1) is 37.1 Å². The summed E-state index contributed by atoms with van der Waals surface area (Å²) in [6.07, 6.45) is 15.3. The third-order valence-corrected chi connectivity index (χ3v) is 7.19. The molecule has 1 saturated heterocycles. The van der Waals surface area contributed by atoms with Crippen molar-refractivity contribution in [3.63, 3.8) is 0 Å². The smallest absolute Gasteiger partial charge is 0.330 e. The van der Waals surface area contributed by atoms with Crippen LogP contribution in [0.1, 0.15) is 58.3 Å². The van der Waals surface area contributed by atoms with Crippen LogP contribution < -0.4 is 0 Å². The molecular weight excluding hydrogens is 460 g/mol. The van der Waals surface area contributed by atoms with Gasteiger partial charge >= 0.3 is 5.97 Å². The Morgan fingerprint density at radius 2 is 2.03 bits per heavy atom. The molecule has 0 aliphatic carbocycles. The summed E-state index contributed by atoms with van der Waals surface area (Å²) < 4.78 is 23.2. The molecule has 2 bridgehead atoms. The second-order valence-electron chi connectivity index (χ2n) is 10.4. The Hall–Kier alpha value is -2.03. The molecule has 4 aliphatic heterocycles. The minimum Gasteiger partial charge on any atom is -0.456 e. The summed E-state index contributed by atoms with van der Waals surface area (Å²) >= 11 is 0. The molecule has 7 nitrogen and oxygen atoms in total. The Bertz CT molecular complexity index is 888. The van der Waals surface area contributed by atoms with Gasteiger partial charge in [-0.1, -0.05) is 54.2 Å². The highest BCUT2D eigenvalue weighted by atomic mass is 16.6. The molecule has 0 aromatic carbocycles. The molecule has 4 aliphatic rings. The minimum absolute atomic E-state index is 0.0194. The predicted molar refractivity (Wildman–Crippen MR) is 136 cm³/mol. The molecule has 0 unspecified atom stereocenters. The van der Waals surface area contributed by atoms with Gasteiger partial charge in [0, 0.05) is 12.5 Å². The van der Waals surface area contributed by atoms with Crippen LogP contribution >= 0.6 is 0 Å². The lowest BCUT2D eigenvalue weighted by atomic mass is 9.97. The van der Waals surface area contributed by atoms with Gasteiger partial charge in [-0.2, -0.15) is 0 Å². The van der Waals surface area contributed by atoms with Gasteiger partial charge in [-0.3, -0.25) is 0 Å². The zero-order valence-corrected chi connectivity index (χ0v) is 21.2. The van der Waals surface area contributed by atoms with Gasteiger partial charge in [0.1, 0.15) is 18.3 Å². The maximum absolute atomic E-state index is 12.6. The summed E-state index contributed by atoms with van der Waals surface area (Å²) in [5, 5.41) is 21.5. The van der Waals surface area contributed by atoms with Gasteiger partial charge in [-0.25, -0.2) is 4.79 Å². The summed E-state index contributed by atoms with van der Waals surface area (Å²) in [6.45, 7) is 6.74. The van der Waals surface area contributed by atoms with E-state index in [1.165, 1.54) is 11.6 Å². The van der Waals surface area contributed by atoms with Crippen LogP contribution in [0, 0.1) is 0 Å². The fourth-order valence-electron chi connectivity index (χ4n) is 5.05. The first-order valence-corrected chi connectivity index (χ1v) is 13.2. The Morgan fingerprint density at radius 1 is 1.19 bits per heavy atom. The number of carbonyl (C=O) groups excluding carboxylic acids is 1. The highest BCUT2D eigenvalue weighted by Gasteiger charge is 2.46. The van der Waals surface area contributed by atoms with Crippen LogP contribution in [0.4, 0.5) is 0 Å². The maximum Gasteiger partial charge on any atom is 0.330 e. The molecule has 0 saturated carbocycles. The first-order valence-electron chi connectivity index (χ1n) is 13.2. The summed E-state index contributed by atoms with van der Waals surface area (Å²) in [6, 6.07) is 0. The molecule has 4 rings (SSSR count). The van der Waals surface area contributed by atoms with Crippen molar-refractivity contribution in [1.29, 1.82) is 0 Å². The van der Waals surface area contributed by atoms with Crippen molar-refractivity contribution in [2.24, 2.45) is 0 Å². The van der Waals surface area contributed by atoms with E-state index in [-0.39, 0.29) is 30.5 Å². The highest BCUT2D eigenvalue weighted by Crippen LogP contribution is 2.34. The lowest BCUT2D eigenvalue weighted by Gasteiger charge is -2.25. The average molecular weight is 501 g/mol. The largest absolute Gasteiger partial charge is 0.456 e. The van der Waals surface area contributed by atoms with Crippen molar-refractivity contribution in [2.45, 2.75) is 107 Å². The lowest BCUT2D eigenvalue weighted by Crippen LogP contribution is -2.32. The molecule has 0 spiro atoms. The van der Waals surface area contributed by atoms with E-state index in [4.69, 9.17) is 18.9 Å². The van der Waals surface area contributed by atoms with Crippen molar-refractivity contribution in [3.8, 4) is 0 Å². The molecule has 0 aromatic rings. The summed E-state index contributed by atoms with van der Waals surface area (Å²) in [5.74, 6) is -0.518. The van der Waals surface area contributed by atoms with Crippen LogP contribution in [0.15, 0.2) is 60.3 Å². The van der Waals surface area contributed by atoms with E-state index < -0.39 is 24.3 Å². The number of aliphatic hydroxyl groups is 2. The van der Waals surface area contributed by atoms with E-state index in [9.17, 15) is 15.0 Å². The zero-order chi connectivity index (χ0) is 25.5. The molecule has 4 heterocycles. The van der Waals surface area contributed by atoms with Crippen molar-refractivity contribution in [2.75, 3.05) is 6.61 Å². The third-order valence-electron chi connectivity index (χ3n) is 7.19. The van der Waals surface area contributed by atoms with Crippen LogP contribution in [0.25, 0.3) is 0 Å². The van der Waals surface area contributed by atoms with Crippen molar-refractivity contribution in [1.82, 2.24) is 0 Å². The van der Waals surface area contributed by atoms with E-state index >= 15 is 0 Å². The van der Waals surface area contributed by atoms with E-state index in [0.29, 0.717) is 25.9 Å². The zero-order valence-electron chi connectivity index (χ0n) is 21.2. The maximum atomic E-state index is 12.6. The quantitative estimate of drug-likeness (QED) is 0.345. The number of fused-ring (bicyclic) bond motifs is 3. The van der Waals surface area contributed by atoms with Gasteiger partial charge in [0.2, 0.25) is 0 Å². The highest BCUT2D eigenvalue weighted by molar-refractivity contribution is 5.82. The molecule has 36 heavy (non-hydrogen) atoms. The van der Waals surface area contributed by atoms with Crippen molar-refractivity contribution in [3.05, 3.63) is 60.3 Å². The molecule has 7 heteroatoms. The second-order valence-corrected chi connectivity index (χ2v) is 10.4. The first-order chi connectivity index (χ1) is 17.4. The molecule has 0 aromatic heterocycles. The van der Waals surface area contributed by atoms with Crippen molar-refractivity contribution >= 4 is 5.97 Å². The predicted octanol–water partition coefficient (Wildman–Crippen LogP) is 3.86. The number of epoxide rings is 1. The van der Waals surface area contributed by atoms with Crippen molar-refractivity contribution < 1.29 is 34.0 Å². The average Bonchev–Trinajstić information content (AvgIpc) is 3.61. The first kappa shape index (κ1) is 27.0. The molecule has 0 radical (unpaired) electrons. The number of hydrogen-bond acceptors (Lipinski definition) is 7. The SMILES string of the molecule is C=C1CCC[C@@H]2C=CC[C@@H](CC=CC(=O)O[C@H]([C@@H](O)C=C[C@@H]3CC(C)=CCO3)C[C@@H]3O[C@H]3[C@@H](O)C1)O2. The number of aliphatic hydroxyl groups excluding tert-OH is 2. The Morgan fingerprint density at radius 3 is 2.86 bits per heavy atom. The standard InChI is InChI=1S/C29H40O7/c1-19-6-3-7-21-8-4-9-22(34-21)10-5-11-28(32)35-26(18-27-29(36-27)25(31)17-19)24(30)13-12-23-16-20(2)14-15-33-23/h4-5,8,11-14,21-27,29-31H,1,3,6-7,9-10,15-18H2,2H3/t21-,22+,23-,24+,25+,26+,27+,29+/m1/s1. The number of esters is 1. The fraction of sp³-hybridized carbons (Fsp3) is 0.621. The fourth-order valence-corrected chi connectivity index (χ4v) is 5.05. The van der Waals surface area contributed by atoms with Crippen LogP contribution in [0.2, 0.25) is 0 Å². The van der Waals surface area contributed by atoms with E-state index in [0.717, 1.165) is 37.7 Å². The van der Waals surface area contributed by atoms with Gasteiger partial charge in [-0.15, -0.1) is 0 Å². The van der Waals surface area contributed by atoms with Crippen LogP contribution in [0.5, 0.6) is 0 Å². The number of cyclic esters (lactones) is 1. The van der Waals surface area contributed by atoms with E-state index in [2.05, 4.69) is 25.7 Å². The van der Waals surface area contributed by atoms with E-state index in [1.54, 1.807) is 12.2 Å². The molecule has 198 valence electrons. The monoisotopic (exact) mass is 500 g/mol. The van der Waals surface area contributed by atoms with Gasteiger partial charge in [0.25, 0.3) is 0 Å². The van der Waals surface area contributed by atoms with Crippen LogP contribution in [-0.4, -0.2) is 71.6 Å². The Kier molecular flexibility index (Phi) is 9.73. The third kappa shape index (κ3) is 8.25. The number of rotatable bonds is 3. The summed E-state index contributed by atoms with van der Waals surface area (Å²) in [5.41, 5.74) is 2.23. The lowest BCUT2D eigenvalue weighted by molar-refractivity contribution is -0.148. The second kappa shape index (κ2) is 13.0. The van der Waals surface area contributed by atoms with Gasteiger partial charge in [-0.05, 0) is 51.9 Å². The normalized spacial score (nSPS) is 37.4. The molecular formula is C29H40O7. The molecule has 0 amide bonds. The summed E-state index contributed by atoms with van der Waals surface area (Å²) in [7, 11) is 0. The molecule has 2 N–H and O–H groups in total. The van der Waals surface area contributed by atoms with Crippen LogP contribution in [-0.2, 0) is 23.7 Å². The van der Waals surface area contributed by atoms with Crippen LogP contribution in [0.3, 0.4) is 0 Å². The summed E-state index contributed by atoms with van der Waals surface area (Å²) in [4.78, 5) is 12.6. The number of hydrogen-bond donors (Lipinski definition) is 2. The number of carbonyl (C=O) groups is 1. The van der Waals surface area contributed by atoms with Gasteiger partial charge in [0.15, 0.2) is 0 Å².